The molecule has 0 aliphatic rings. The molecule has 0 saturated heterocycles. The molecule has 0 radical (unpaired) electrons. The van der Waals surface area contributed by atoms with E-state index in [9.17, 15) is 13.2 Å². The number of rotatable bonds is 6. The average molecular weight is 432 g/mol. The standard InChI is InChI=1S/C24H21N3O3S/c1-17-12-14-18(15-13-17)22-24(27-23(26-22)19-8-4-2-5-9-19)31(29,30)16-21(28)25-20-10-6-3-7-11-20/h2-15H,16H2,1H3,(H,25,28)(H,26,27). The van der Waals surface area contributed by atoms with E-state index < -0.39 is 21.5 Å². The van der Waals surface area contributed by atoms with Crippen molar-refractivity contribution in [1.82, 2.24) is 9.97 Å². The van der Waals surface area contributed by atoms with E-state index in [1.54, 1.807) is 24.3 Å². The maximum atomic E-state index is 13.2. The maximum Gasteiger partial charge on any atom is 0.240 e. The first kappa shape index (κ1) is 20.6. The van der Waals surface area contributed by atoms with Gasteiger partial charge in [-0.05, 0) is 19.1 Å². The van der Waals surface area contributed by atoms with Crippen LogP contribution in [0.2, 0.25) is 0 Å². The Morgan fingerprint density at radius 1 is 0.871 bits per heavy atom. The molecule has 0 atom stereocenters. The molecule has 0 unspecified atom stereocenters. The number of aryl methyl sites for hydroxylation is 1. The van der Waals surface area contributed by atoms with Gasteiger partial charge in [0.2, 0.25) is 15.7 Å². The molecule has 0 spiro atoms. The lowest BCUT2D eigenvalue weighted by atomic mass is 10.1. The average Bonchev–Trinajstić information content (AvgIpc) is 3.22. The number of nitrogens with zero attached hydrogens (tertiary/aromatic N) is 1. The maximum absolute atomic E-state index is 13.2. The van der Waals surface area contributed by atoms with Crippen LogP contribution in [0, 0.1) is 6.92 Å². The number of aromatic amines is 1. The largest absolute Gasteiger partial charge is 0.329 e. The molecule has 1 heterocycles. The van der Waals surface area contributed by atoms with E-state index in [1.807, 2.05) is 67.6 Å². The van der Waals surface area contributed by atoms with Gasteiger partial charge in [-0.25, -0.2) is 13.4 Å². The minimum Gasteiger partial charge on any atom is -0.329 e. The minimum absolute atomic E-state index is 0.0709. The quantitative estimate of drug-likeness (QED) is 0.471. The van der Waals surface area contributed by atoms with E-state index in [1.165, 1.54) is 0 Å². The molecule has 7 heteroatoms. The Hall–Kier alpha value is -3.71. The topological polar surface area (TPSA) is 91.9 Å². The molecular weight excluding hydrogens is 410 g/mol. The van der Waals surface area contributed by atoms with Gasteiger partial charge in [-0.3, -0.25) is 4.79 Å². The van der Waals surface area contributed by atoms with Gasteiger partial charge < -0.3 is 10.3 Å². The second-order valence-electron chi connectivity index (χ2n) is 7.17. The Labute approximate surface area is 180 Å². The number of imidazole rings is 1. The summed E-state index contributed by atoms with van der Waals surface area (Å²) >= 11 is 0. The molecule has 0 bridgehead atoms. The Bertz CT molecular complexity index is 1300. The molecule has 0 saturated carbocycles. The number of hydrogen-bond donors (Lipinski definition) is 2. The number of nitrogens with one attached hydrogen (secondary N) is 2. The molecule has 1 amide bonds. The third kappa shape index (κ3) is 4.73. The number of aromatic nitrogens is 2. The lowest BCUT2D eigenvalue weighted by Crippen LogP contribution is -2.23. The van der Waals surface area contributed by atoms with Crippen molar-refractivity contribution in [2.24, 2.45) is 0 Å². The third-order valence-electron chi connectivity index (χ3n) is 4.73. The van der Waals surface area contributed by atoms with E-state index in [0.29, 0.717) is 22.8 Å². The Morgan fingerprint density at radius 2 is 1.48 bits per heavy atom. The molecule has 0 aliphatic heterocycles. The first-order valence-corrected chi connectivity index (χ1v) is 11.4. The predicted molar refractivity (Wildman–Crippen MR) is 121 cm³/mol. The number of sulfone groups is 1. The number of para-hydroxylation sites is 1. The fraction of sp³-hybridized carbons (Fsp3) is 0.0833. The molecule has 3 aromatic carbocycles. The fourth-order valence-electron chi connectivity index (χ4n) is 3.19. The highest BCUT2D eigenvalue weighted by molar-refractivity contribution is 7.92. The summed E-state index contributed by atoms with van der Waals surface area (Å²) in [5.41, 5.74) is 3.30. The monoisotopic (exact) mass is 431 g/mol. The van der Waals surface area contributed by atoms with E-state index in [-0.39, 0.29) is 5.03 Å². The summed E-state index contributed by atoms with van der Waals surface area (Å²) in [5.74, 6) is -0.882. The van der Waals surface area contributed by atoms with Gasteiger partial charge in [-0.1, -0.05) is 78.4 Å². The summed E-state index contributed by atoms with van der Waals surface area (Å²) in [7, 11) is -3.99. The minimum atomic E-state index is -3.99. The molecule has 0 fully saturated rings. The Kier molecular flexibility index (Phi) is 5.68. The van der Waals surface area contributed by atoms with Gasteiger partial charge in [0, 0.05) is 16.8 Å². The Balaban J connectivity index is 1.72. The number of carbonyl (C=O) groups excluding carboxylic acids is 1. The first-order chi connectivity index (χ1) is 14.9. The van der Waals surface area contributed by atoms with Crippen LogP contribution >= 0.6 is 0 Å². The van der Waals surface area contributed by atoms with Crippen molar-refractivity contribution in [1.29, 1.82) is 0 Å². The van der Waals surface area contributed by atoms with Crippen molar-refractivity contribution < 1.29 is 13.2 Å². The van der Waals surface area contributed by atoms with Crippen LogP contribution in [0.5, 0.6) is 0 Å². The van der Waals surface area contributed by atoms with Crippen molar-refractivity contribution in [3.05, 3.63) is 90.5 Å². The van der Waals surface area contributed by atoms with Gasteiger partial charge in [0.25, 0.3) is 0 Å². The van der Waals surface area contributed by atoms with Crippen molar-refractivity contribution in [2.75, 3.05) is 11.1 Å². The summed E-state index contributed by atoms with van der Waals surface area (Å²) in [6.07, 6.45) is 0. The van der Waals surface area contributed by atoms with Gasteiger partial charge in [0.05, 0.1) is 0 Å². The molecular formula is C24H21N3O3S. The smallest absolute Gasteiger partial charge is 0.240 e. The number of anilines is 1. The van der Waals surface area contributed by atoms with Crippen molar-refractivity contribution >= 4 is 21.4 Å². The van der Waals surface area contributed by atoms with E-state index >= 15 is 0 Å². The predicted octanol–water partition coefficient (Wildman–Crippen LogP) is 4.46. The van der Waals surface area contributed by atoms with Crippen LogP contribution in [0.15, 0.2) is 90.0 Å². The number of H-pyrrole nitrogens is 1. The van der Waals surface area contributed by atoms with Gasteiger partial charge in [-0.2, -0.15) is 0 Å². The highest BCUT2D eigenvalue weighted by Gasteiger charge is 2.27. The molecule has 1 aromatic heterocycles. The van der Waals surface area contributed by atoms with Crippen LogP contribution in [0.3, 0.4) is 0 Å². The van der Waals surface area contributed by atoms with Crippen LogP contribution in [-0.2, 0) is 14.6 Å². The van der Waals surface area contributed by atoms with Gasteiger partial charge in [0.15, 0.2) is 5.03 Å². The van der Waals surface area contributed by atoms with Gasteiger partial charge >= 0.3 is 0 Å². The van der Waals surface area contributed by atoms with Crippen molar-refractivity contribution in [3.8, 4) is 22.6 Å². The van der Waals surface area contributed by atoms with Gasteiger partial charge in [0.1, 0.15) is 17.3 Å². The van der Waals surface area contributed by atoms with Crippen LogP contribution in [-0.4, -0.2) is 30.0 Å². The zero-order valence-corrected chi connectivity index (χ0v) is 17.7. The summed E-state index contributed by atoms with van der Waals surface area (Å²) in [6.45, 7) is 1.95. The molecule has 6 nitrogen and oxygen atoms in total. The fourth-order valence-corrected chi connectivity index (χ4v) is 4.46. The summed E-state index contributed by atoms with van der Waals surface area (Å²) in [4.78, 5) is 20.0. The summed E-state index contributed by atoms with van der Waals surface area (Å²) in [6, 6.07) is 25.4. The van der Waals surface area contributed by atoms with E-state index in [2.05, 4.69) is 15.3 Å². The lowest BCUT2D eigenvalue weighted by molar-refractivity contribution is -0.113. The highest BCUT2D eigenvalue weighted by Crippen LogP contribution is 2.30. The molecule has 156 valence electrons. The normalized spacial score (nSPS) is 11.3. The van der Waals surface area contributed by atoms with Gasteiger partial charge in [-0.15, -0.1) is 0 Å². The molecule has 0 aliphatic carbocycles. The molecule has 4 aromatic rings. The SMILES string of the molecule is Cc1ccc(-c2nc(-c3ccccc3)[nH]c2S(=O)(=O)CC(=O)Nc2ccccc2)cc1. The number of amides is 1. The molecule has 2 N–H and O–H groups in total. The molecule has 4 rings (SSSR count). The van der Waals surface area contributed by atoms with Crippen LogP contribution in [0.25, 0.3) is 22.6 Å². The van der Waals surface area contributed by atoms with E-state index in [0.717, 1.165) is 11.1 Å². The van der Waals surface area contributed by atoms with Crippen LogP contribution in [0.1, 0.15) is 5.56 Å². The van der Waals surface area contributed by atoms with Crippen LogP contribution < -0.4 is 5.32 Å². The van der Waals surface area contributed by atoms with Crippen molar-refractivity contribution in [3.63, 3.8) is 0 Å². The second-order valence-corrected chi connectivity index (χ2v) is 9.09. The summed E-state index contributed by atoms with van der Waals surface area (Å²) in [5, 5.41) is 2.55. The first-order valence-electron chi connectivity index (χ1n) is 9.72. The second kappa shape index (κ2) is 8.57. The van der Waals surface area contributed by atoms with Crippen LogP contribution in [0.4, 0.5) is 5.69 Å². The molecule has 31 heavy (non-hydrogen) atoms. The highest BCUT2D eigenvalue weighted by atomic mass is 32.2. The zero-order chi connectivity index (χ0) is 21.8. The summed E-state index contributed by atoms with van der Waals surface area (Å²) < 4.78 is 26.4. The van der Waals surface area contributed by atoms with E-state index in [4.69, 9.17) is 0 Å². The zero-order valence-electron chi connectivity index (χ0n) is 16.9. The number of benzene rings is 3. The Morgan fingerprint density at radius 3 is 2.13 bits per heavy atom. The number of carbonyl (C=O) groups is 1. The third-order valence-corrected chi connectivity index (χ3v) is 6.29. The van der Waals surface area contributed by atoms with Crippen molar-refractivity contribution in [2.45, 2.75) is 11.9 Å². The number of hydrogen-bond acceptors (Lipinski definition) is 4. The lowest BCUT2D eigenvalue weighted by Gasteiger charge is -2.07.